The second-order valence-corrected chi connectivity index (χ2v) is 4.62. The van der Waals surface area contributed by atoms with Gasteiger partial charge in [0.05, 0.1) is 0 Å². The van der Waals surface area contributed by atoms with Gasteiger partial charge in [-0.05, 0) is 31.0 Å². The van der Waals surface area contributed by atoms with Crippen LogP contribution in [-0.2, 0) is 19.6 Å². The lowest BCUT2D eigenvalue weighted by Crippen LogP contribution is -2.17. The zero-order valence-electron chi connectivity index (χ0n) is 10.3. The molecule has 0 aliphatic carbocycles. The monoisotopic (exact) mass is 256 g/mol. The van der Waals surface area contributed by atoms with E-state index in [0.29, 0.717) is 17.3 Å². The first-order chi connectivity index (χ1) is 8.30. The number of rotatable bonds is 2. The number of nitrogens with two attached hydrogens (primary N) is 1. The zero-order chi connectivity index (χ0) is 13.5. The molecule has 1 aromatic heterocycles. The Hall–Kier alpha value is -1.49. The molecule has 0 bridgehead atoms. The Morgan fingerprint density at radius 2 is 2.00 bits per heavy atom. The summed E-state index contributed by atoms with van der Waals surface area (Å²) in [6, 6.07) is 6.40. The Morgan fingerprint density at radius 3 is 2.56 bits per heavy atom. The van der Waals surface area contributed by atoms with E-state index in [-0.39, 0.29) is 6.04 Å². The maximum absolute atomic E-state index is 12.8. The van der Waals surface area contributed by atoms with Crippen LogP contribution in [0.2, 0.25) is 0 Å². The van der Waals surface area contributed by atoms with Crippen LogP contribution >= 0.6 is 0 Å². The summed E-state index contributed by atoms with van der Waals surface area (Å²) in [7, 11) is 1.43. The number of benzene rings is 1. The van der Waals surface area contributed by atoms with Gasteiger partial charge >= 0.3 is 6.18 Å². The van der Waals surface area contributed by atoms with Crippen molar-refractivity contribution in [1.82, 2.24) is 4.57 Å². The van der Waals surface area contributed by atoms with Crippen molar-refractivity contribution in [2.45, 2.75) is 25.6 Å². The van der Waals surface area contributed by atoms with E-state index in [9.17, 15) is 13.2 Å². The van der Waals surface area contributed by atoms with Gasteiger partial charge in [-0.3, -0.25) is 0 Å². The normalized spacial score (nSPS) is 14.1. The number of halogens is 3. The van der Waals surface area contributed by atoms with E-state index in [1.54, 1.807) is 12.1 Å². The molecule has 1 atom stereocenters. The van der Waals surface area contributed by atoms with Crippen molar-refractivity contribution in [1.29, 1.82) is 0 Å². The summed E-state index contributed by atoms with van der Waals surface area (Å²) in [6.07, 6.45) is -3.77. The predicted molar refractivity (Wildman–Crippen MR) is 65.3 cm³/mol. The molecule has 2 nitrogen and oxygen atoms in total. The fourth-order valence-electron chi connectivity index (χ4n) is 2.22. The second kappa shape index (κ2) is 4.31. The molecule has 5 heteroatoms. The number of nitrogens with zero attached hydrogens (tertiary/aromatic N) is 1. The fourth-order valence-corrected chi connectivity index (χ4v) is 2.22. The molecular formula is C13H15F3N2. The van der Waals surface area contributed by atoms with Crippen LogP contribution in [-0.4, -0.2) is 10.6 Å². The summed E-state index contributed by atoms with van der Waals surface area (Å²) in [5.74, 6) is 0. The molecule has 0 saturated heterocycles. The lowest BCUT2D eigenvalue weighted by atomic mass is 10.0. The Kier molecular flexibility index (Phi) is 3.11. The minimum Gasteiger partial charge on any atom is -0.340 e. The van der Waals surface area contributed by atoms with Gasteiger partial charge in [-0.1, -0.05) is 12.1 Å². The van der Waals surface area contributed by atoms with E-state index < -0.39 is 11.9 Å². The highest BCUT2D eigenvalue weighted by atomic mass is 19.4. The zero-order valence-corrected chi connectivity index (χ0v) is 10.3. The van der Waals surface area contributed by atoms with E-state index in [4.69, 9.17) is 5.73 Å². The largest absolute Gasteiger partial charge is 0.431 e. The molecule has 1 unspecified atom stereocenters. The third-order valence-corrected chi connectivity index (χ3v) is 3.01. The van der Waals surface area contributed by atoms with Crippen LogP contribution in [0.4, 0.5) is 13.2 Å². The SMILES string of the molecule is CC(N)Cc1cccc2c1cc(C(F)(F)F)n2C. The minimum atomic E-state index is -4.33. The number of aryl methyl sites for hydroxylation is 1. The molecule has 0 spiro atoms. The van der Waals surface area contributed by atoms with Crippen molar-refractivity contribution in [3.63, 3.8) is 0 Å². The standard InChI is InChI=1S/C13H15F3N2/c1-8(17)6-9-4-3-5-11-10(9)7-12(18(11)2)13(14,15)16/h3-5,7-8H,6,17H2,1-2H3. The van der Waals surface area contributed by atoms with Gasteiger partial charge in [0.25, 0.3) is 0 Å². The van der Waals surface area contributed by atoms with Crippen molar-refractivity contribution < 1.29 is 13.2 Å². The van der Waals surface area contributed by atoms with Crippen LogP contribution < -0.4 is 5.73 Å². The van der Waals surface area contributed by atoms with Gasteiger partial charge in [-0.15, -0.1) is 0 Å². The Bertz CT molecular complexity index is 567. The molecule has 0 saturated carbocycles. The molecule has 0 radical (unpaired) electrons. The summed E-state index contributed by atoms with van der Waals surface area (Å²) >= 11 is 0. The molecule has 2 aromatic rings. The van der Waals surface area contributed by atoms with Gasteiger partial charge in [0.15, 0.2) is 0 Å². The van der Waals surface area contributed by atoms with Gasteiger partial charge in [-0.2, -0.15) is 13.2 Å². The van der Waals surface area contributed by atoms with E-state index in [2.05, 4.69) is 0 Å². The molecule has 2 rings (SSSR count). The van der Waals surface area contributed by atoms with Crippen molar-refractivity contribution in [3.05, 3.63) is 35.5 Å². The summed E-state index contributed by atoms with van der Waals surface area (Å²) in [5.41, 5.74) is 6.53. The number of aromatic nitrogens is 1. The van der Waals surface area contributed by atoms with E-state index >= 15 is 0 Å². The van der Waals surface area contributed by atoms with E-state index in [0.717, 1.165) is 5.56 Å². The maximum Gasteiger partial charge on any atom is 0.431 e. The molecule has 1 heterocycles. The predicted octanol–water partition coefficient (Wildman–Crippen LogP) is 3.09. The lowest BCUT2D eigenvalue weighted by Gasteiger charge is -2.08. The van der Waals surface area contributed by atoms with Crippen LogP contribution in [0.1, 0.15) is 18.2 Å². The first kappa shape index (κ1) is 13.0. The lowest BCUT2D eigenvalue weighted by molar-refractivity contribution is -0.142. The van der Waals surface area contributed by atoms with Crippen molar-refractivity contribution in [3.8, 4) is 0 Å². The van der Waals surface area contributed by atoms with Crippen molar-refractivity contribution >= 4 is 10.9 Å². The molecule has 0 fully saturated rings. The van der Waals surface area contributed by atoms with E-state index in [1.165, 1.54) is 17.7 Å². The summed E-state index contributed by atoms with van der Waals surface area (Å²) < 4.78 is 39.7. The Labute approximate surface area is 103 Å². The third-order valence-electron chi connectivity index (χ3n) is 3.01. The summed E-state index contributed by atoms with van der Waals surface area (Å²) in [4.78, 5) is 0. The first-order valence-electron chi connectivity index (χ1n) is 5.71. The molecular weight excluding hydrogens is 241 g/mol. The molecule has 0 amide bonds. The van der Waals surface area contributed by atoms with Crippen molar-refractivity contribution in [2.24, 2.45) is 12.8 Å². The summed E-state index contributed by atoms with van der Waals surface area (Å²) in [6.45, 7) is 1.84. The topological polar surface area (TPSA) is 30.9 Å². The number of hydrogen-bond donors (Lipinski definition) is 1. The second-order valence-electron chi connectivity index (χ2n) is 4.62. The van der Waals surface area contributed by atoms with Crippen LogP contribution in [0.3, 0.4) is 0 Å². The van der Waals surface area contributed by atoms with Crippen LogP contribution in [0.25, 0.3) is 10.9 Å². The molecule has 1 aromatic carbocycles. The molecule has 98 valence electrons. The summed E-state index contributed by atoms with van der Waals surface area (Å²) in [5, 5.41) is 0.629. The smallest absolute Gasteiger partial charge is 0.340 e. The van der Waals surface area contributed by atoms with E-state index in [1.807, 2.05) is 13.0 Å². The van der Waals surface area contributed by atoms with Gasteiger partial charge in [-0.25, -0.2) is 0 Å². The van der Waals surface area contributed by atoms with Crippen molar-refractivity contribution in [2.75, 3.05) is 0 Å². The Morgan fingerprint density at radius 1 is 1.33 bits per heavy atom. The highest BCUT2D eigenvalue weighted by Gasteiger charge is 2.34. The van der Waals surface area contributed by atoms with Crippen LogP contribution in [0.5, 0.6) is 0 Å². The minimum absolute atomic E-state index is 0.0786. The highest BCUT2D eigenvalue weighted by Crippen LogP contribution is 2.34. The van der Waals surface area contributed by atoms with Gasteiger partial charge in [0.2, 0.25) is 0 Å². The third kappa shape index (κ3) is 2.22. The average Bonchev–Trinajstić information content (AvgIpc) is 2.56. The highest BCUT2D eigenvalue weighted by molar-refractivity contribution is 5.85. The van der Waals surface area contributed by atoms with Gasteiger partial charge in [0.1, 0.15) is 5.69 Å². The average molecular weight is 256 g/mol. The number of hydrogen-bond acceptors (Lipinski definition) is 1. The first-order valence-corrected chi connectivity index (χ1v) is 5.71. The molecule has 0 aliphatic heterocycles. The maximum atomic E-state index is 12.8. The molecule has 18 heavy (non-hydrogen) atoms. The fraction of sp³-hybridized carbons (Fsp3) is 0.385. The van der Waals surface area contributed by atoms with Gasteiger partial charge in [0, 0.05) is 24.0 Å². The molecule has 2 N–H and O–H groups in total. The number of fused-ring (bicyclic) bond motifs is 1. The van der Waals surface area contributed by atoms with Crippen LogP contribution in [0, 0.1) is 0 Å². The number of alkyl halides is 3. The van der Waals surface area contributed by atoms with Gasteiger partial charge < -0.3 is 10.3 Å². The Balaban J connectivity index is 2.64. The quantitative estimate of drug-likeness (QED) is 0.879. The van der Waals surface area contributed by atoms with Crippen LogP contribution in [0.15, 0.2) is 24.3 Å². The molecule has 0 aliphatic rings.